The maximum atomic E-state index is 11.7. The van der Waals surface area contributed by atoms with Gasteiger partial charge in [-0.15, -0.1) is 0 Å². The van der Waals surface area contributed by atoms with Crippen LogP contribution in [0.4, 0.5) is 0 Å². The van der Waals surface area contributed by atoms with Crippen LogP contribution in [0.25, 0.3) is 0 Å². The van der Waals surface area contributed by atoms with E-state index in [9.17, 15) is 9.90 Å². The van der Waals surface area contributed by atoms with Crippen molar-refractivity contribution in [2.45, 2.75) is 79.1 Å². The predicted molar refractivity (Wildman–Crippen MR) is 116 cm³/mol. The minimum absolute atomic E-state index is 0.0709. The first-order valence-corrected chi connectivity index (χ1v) is 11.1. The standard InChI is InChI=1S/C14H27BN2O5.3C2H6/c16-14(13(18)19)9-11(3-4-15(20)21)1-2-12(14)10-17-5-7-22-8-6-17;3*1-2/h11-12,20-21H,1-10,16H2,(H,18,19);3*1-2H3. The molecule has 1 heterocycles. The molecule has 2 fully saturated rings. The Morgan fingerprint density at radius 1 is 1.11 bits per heavy atom. The van der Waals surface area contributed by atoms with Crippen LogP contribution >= 0.6 is 0 Å². The van der Waals surface area contributed by atoms with Crippen LogP contribution in [0, 0.1) is 11.8 Å². The van der Waals surface area contributed by atoms with Crippen LogP contribution in [-0.2, 0) is 9.53 Å². The van der Waals surface area contributed by atoms with Crippen molar-refractivity contribution in [2.24, 2.45) is 17.6 Å². The Hall–Kier alpha value is -0.665. The monoisotopic (exact) mass is 404 g/mol. The zero-order chi connectivity index (χ0) is 22.2. The van der Waals surface area contributed by atoms with Crippen molar-refractivity contribution < 1.29 is 24.7 Å². The fourth-order valence-corrected chi connectivity index (χ4v) is 3.68. The number of rotatable bonds is 6. The summed E-state index contributed by atoms with van der Waals surface area (Å²) in [5, 5.41) is 27.6. The lowest BCUT2D eigenvalue weighted by Crippen LogP contribution is -2.60. The second-order valence-corrected chi connectivity index (χ2v) is 6.66. The molecule has 0 bridgehead atoms. The van der Waals surface area contributed by atoms with E-state index in [2.05, 4.69) is 4.90 Å². The second-order valence-electron chi connectivity index (χ2n) is 6.66. The highest BCUT2D eigenvalue weighted by atomic mass is 16.5. The third-order valence-corrected chi connectivity index (χ3v) is 5.09. The summed E-state index contributed by atoms with van der Waals surface area (Å²) in [5.41, 5.74) is 5.06. The van der Waals surface area contributed by atoms with E-state index < -0.39 is 18.6 Å². The molecule has 1 saturated carbocycles. The number of hydrogen-bond acceptors (Lipinski definition) is 6. The molecule has 1 aliphatic heterocycles. The van der Waals surface area contributed by atoms with Gasteiger partial charge in [0.15, 0.2) is 0 Å². The molecule has 0 aromatic carbocycles. The van der Waals surface area contributed by atoms with E-state index in [-0.39, 0.29) is 18.2 Å². The van der Waals surface area contributed by atoms with Crippen LogP contribution in [0.3, 0.4) is 0 Å². The van der Waals surface area contributed by atoms with E-state index in [4.69, 9.17) is 20.5 Å². The number of nitrogens with two attached hydrogens (primary N) is 1. The first-order valence-electron chi connectivity index (χ1n) is 11.1. The molecule has 3 unspecified atom stereocenters. The smallest absolute Gasteiger partial charge is 0.451 e. The lowest BCUT2D eigenvalue weighted by Gasteiger charge is -2.44. The molecule has 1 aliphatic carbocycles. The van der Waals surface area contributed by atoms with Gasteiger partial charge in [0.05, 0.1) is 13.2 Å². The third-order valence-electron chi connectivity index (χ3n) is 5.09. The fourth-order valence-electron chi connectivity index (χ4n) is 3.68. The van der Waals surface area contributed by atoms with Gasteiger partial charge in [0, 0.05) is 25.6 Å². The topological polar surface area (TPSA) is 116 Å². The normalized spacial score (nSPS) is 27.0. The van der Waals surface area contributed by atoms with Crippen molar-refractivity contribution in [3.8, 4) is 0 Å². The molecule has 0 aromatic heterocycles. The summed E-state index contributed by atoms with van der Waals surface area (Å²) in [6, 6.07) is 0. The summed E-state index contributed by atoms with van der Waals surface area (Å²) in [4.78, 5) is 14.0. The first kappa shape index (κ1) is 29.5. The minimum Gasteiger partial charge on any atom is -0.480 e. The third kappa shape index (κ3) is 10.2. The van der Waals surface area contributed by atoms with Crippen LogP contribution in [0.2, 0.25) is 6.32 Å². The number of carbonyl (C=O) groups is 1. The lowest BCUT2D eigenvalue weighted by atomic mass is 9.66. The maximum Gasteiger partial charge on any atom is 0.451 e. The number of nitrogens with zero attached hydrogens (tertiary/aromatic N) is 1. The summed E-state index contributed by atoms with van der Waals surface area (Å²) in [5.74, 6) is -0.873. The summed E-state index contributed by atoms with van der Waals surface area (Å²) in [7, 11) is -1.33. The van der Waals surface area contributed by atoms with E-state index >= 15 is 0 Å². The van der Waals surface area contributed by atoms with Crippen LogP contribution in [0.1, 0.15) is 67.2 Å². The van der Waals surface area contributed by atoms with Crippen molar-refractivity contribution in [1.29, 1.82) is 0 Å². The predicted octanol–water partition coefficient (Wildman–Crippen LogP) is 2.46. The van der Waals surface area contributed by atoms with Crippen LogP contribution in [0.15, 0.2) is 0 Å². The number of morpholine rings is 1. The Morgan fingerprint density at radius 3 is 2.11 bits per heavy atom. The molecule has 2 aliphatic rings. The quantitative estimate of drug-likeness (QED) is 0.503. The van der Waals surface area contributed by atoms with Gasteiger partial charge in [-0.1, -0.05) is 48.0 Å². The molecule has 0 amide bonds. The van der Waals surface area contributed by atoms with Crippen molar-refractivity contribution in [2.75, 3.05) is 32.8 Å². The van der Waals surface area contributed by atoms with Crippen LogP contribution in [-0.4, -0.2) is 71.5 Å². The molecule has 168 valence electrons. The molecule has 0 spiro atoms. The molecule has 0 aromatic rings. The zero-order valence-electron chi connectivity index (χ0n) is 19.0. The van der Waals surface area contributed by atoms with Gasteiger partial charge in [-0.3, -0.25) is 9.69 Å². The molecule has 3 atom stereocenters. The van der Waals surface area contributed by atoms with E-state index in [0.29, 0.717) is 32.6 Å². The molecule has 8 heteroatoms. The molecule has 0 radical (unpaired) electrons. The Labute approximate surface area is 172 Å². The molecule has 5 N–H and O–H groups in total. The highest BCUT2D eigenvalue weighted by molar-refractivity contribution is 6.40. The van der Waals surface area contributed by atoms with Crippen molar-refractivity contribution >= 4 is 13.1 Å². The second kappa shape index (κ2) is 17.2. The Morgan fingerprint density at radius 2 is 1.64 bits per heavy atom. The lowest BCUT2D eigenvalue weighted by molar-refractivity contribution is -0.148. The molecule has 2 rings (SSSR count). The van der Waals surface area contributed by atoms with Crippen LogP contribution in [0.5, 0.6) is 0 Å². The largest absolute Gasteiger partial charge is 0.480 e. The van der Waals surface area contributed by atoms with Crippen molar-refractivity contribution in [3.05, 3.63) is 0 Å². The van der Waals surface area contributed by atoms with E-state index in [1.165, 1.54) is 0 Å². The summed E-state index contributed by atoms with van der Waals surface area (Å²) in [6.07, 6.45) is 2.95. The fraction of sp³-hybridized carbons (Fsp3) is 0.950. The average molecular weight is 404 g/mol. The van der Waals surface area contributed by atoms with Gasteiger partial charge in [-0.2, -0.15) is 0 Å². The van der Waals surface area contributed by atoms with Gasteiger partial charge in [0.1, 0.15) is 5.54 Å². The summed E-state index contributed by atoms with van der Waals surface area (Å²) >= 11 is 0. The van der Waals surface area contributed by atoms with E-state index in [1.54, 1.807) is 0 Å². The average Bonchev–Trinajstić information content (AvgIpc) is 2.73. The SMILES string of the molecule is CC.CC.CC.NC1(C(=O)O)CC(CCB(O)O)CCC1CN1CCOCC1. The summed E-state index contributed by atoms with van der Waals surface area (Å²) < 4.78 is 5.32. The number of carboxylic acid groups (broad SMARTS) is 1. The van der Waals surface area contributed by atoms with Gasteiger partial charge >= 0.3 is 13.1 Å². The highest BCUT2D eigenvalue weighted by Crippen LogP contribution is 2.38. The number of carboxylic acids is 1. The van der Waals surface area contributed by atoms with Gasteiger partial charge in [-0.25, -0.2) is 0 Å². The van der Waals surface area contributed by atoms with E-state index in [1.807, 2.05) is 41.5 Å². The van der Waals surface area contributed by atoms with Gasteiger partial charge in [0.2, 0.25) is 0 Å². The number of hydrogen-bond donors (Lipinski definition) is 4. The van der Waals surface area contributed by atoms with Crippen molar-refractivity contribution in [3.63, 3.8) is 0 Å². The van der Waals surface area contributed by atoms with E-state index in [0.717, 1.165) is 25.9 Å². The number of aliphatic carboxylic acids is 1. The Balaban J connectivity index is 0. The van der Waals surface area contributed by atoms with Crippen molar-refractivity contribution in [1.82, 2.24) is 4.90 Å². The Bertz CT molecular complexity index is 382. The van der Waals surface area contributed by atoms with Gasteiger partial charge in [0.25, 0.3) is 0 Å². The number of ether oxygens (including phenoxy) is 1. The molecular formula is C20H45BN2O5. The van der Waals surface area contributed by atoms with Gasteiger partial charge < -0.3 is 25.6 Å². The first-order chi connectivity index (χ1) is 13.4. The molecule has 1 saturated heterocycles. The molecular weight excluding hydrogens is 359 g/mol. The molecule has 28 heavy (non-hydrogen) atoms. The minimum atomic E-state index is -1.33. The van der Waals surface area contributed by atoms with Gasteiger partial charge in [-0.05, 0) is 31.5 Å². The maximum absolute atomic E-state index is 11.7. The molecule has 7 nitrogen and oxygen atoms in total. The highest BCUT2D eigenvalue weighted by Gasteiger charge is 2.47. The Kier molecular flexibility index (Phi) is 18.2. The van der Waals surface area contributed by atoms with Crippen LogP contribution < -0.4 is 5.73 Å². The summed E-state index contributed by atoms with van der Waals surface area (Å²) in [6.45, 7) is 15.7. The zero-order valence-corrected chi connectivity index (χ0v) is 19.0.